The molecule has 0 bridgehead atoms. The van der Waals surface area contributed by atoms with Crippen LogP contribution in [0.3, 0.4) is 0 Å². The number of carbonyl (C=O) groups is 1. The van der Waals surface area contributed by atoms with Crippen molar-refractivity contribution in [2.45, 2.75) is 57.8 Å². The van der Waals surface area contributed by atoms with E-state index < -0.39 is 23.5 Å². The third-order valence-corrected chi connectivity index (χ3v) is 5.81. The van der Waals surface area contributed by atoms with E-state index >= 15 is 4.39 Å². The Bertz CT molecular complexity index is 645. The van der Waals surface area contributed by atoms with Gasteiger partial charge in [-0.15, -0.1) is 0 Å². The molecule has 2 nitrogen and oxygen atoms in total. The van der Waals surface area contributed by atoms with Crippen LogP contribution in [0.1, 0.15) is 57.1 Å². The van der Waals surface area contributed by atoms with Crippen molar-refractivity contribution < 1.29 is 22.4 Å². The number of Topliss-reactive ketones (excluding diaryl/α,β-unsaturated/α-hetero) is 1. The van der Waals surface area contributed by atoms with Crippen LogP contribution >= 0.6 is 8.73 Å². The van der Waals surface area contributed by atoms with Crippen LogP contribution in [0.2, 0.25) is 0 Å². The molecular formula is C18H24F4NOP. The van der Waals surface area contributed by atoms with Crippen molar-refractivity contribution in [1.29, 1.82) is 0 Å². The molecule has 7 heteroatoms. The SMILES string of the molecule is CC(C)PN(C)c1ccc(C(F)(F)F)c(C2CC(=O)CCC2C)c1F. The highest BCUT2D eigenvalue weighted by Crippen LogP contribution is 2.46. The molecule has 3 atom stereocenters. The molecule has 0 amide bonds. The van der Waals surface area contributed by atoms with Gasteiger partial charge in [0.05, 0.1) is 11.3 Å². The third-order valence-electron chi connectivity index (χ3n) is 4.66. The minimum atomic E-state index is -4.65. The molecule has 1 aromatic carbocycles. The maximum Gasteiger partial charge on any atom is 0.416 e. The summed E-state index contributed by atoms with van der Waals surface area (Å²) >= 11 is 0. The van der Waals surface area contributed by atoms with Gasteiger partial charge in [0.2, 0.25) is 0 Å². The second-order valence-electron chi connectivity index (χ2n) is 7.07. The first kappa shape index (κ1) is 20.2. The molecule has 1 saturated carbocycles. The van der Waals surface area contributed by atoms with Crippen LogP contribution in [-0.2, 0) is 11.0 Å². The van der Waals surface area contributed by atoms with Crippen LogP contribution in [0.5, 0.6) is 0 Å². The molecule has 0 radical (unpaired) electrons. The van der Waals surface area contributed by atoms with Gasteiger partial charge in [0.15, 0.2) is 5.82 Å². The lowest BCUT2D eigenvalue weighted by atomic mass is 9.74. The Labute approximate surface area is 147 Å². The zero-order chi connectivity index (χ0) is 18.9. The summed E-state index contributed by atoms with van der Waals surface area (Å²) in [5.74, 6) is -1.83. The molecule has 2 rings (SSSR count). The van der Waals surface area contributed by atoms with E-state index in [1.807, 2.05) is 13.8 Å². The summed E-state index contributed by atoms with van der Waals surface area (Å²) in [5, 5.41) is 0. The lowest BCUT2D eigenvalue weighted by molar-refractivity contribution is -0.139. The van der Waals surface area contributed by atoms with Crippen molar-refractivity contribution in [2.24, 2.45) is 5.92 Å². The number of carbonyl (C=O) groups excluding carboxylic acids is 1. The van der Waals surface area contributed by atoms with Crippen molar-refractivity contribution in [3.05, 3.63) is 29.1 Å². The molecule has 3 unspecified atom stereocenters. The summed E-state index contributed by atoms with van der Waals surface area (Å²) < 4.78 is 57.3. The molecule has 0 aromatic heterocycles. The zero-order valence-corrected chi connectivity index (χ0v) is 15.9. The highest BCUT2D eigenvalue weighted by molar-refractivity contribution is 7.40. The normalized spacial score (nSPS) is 22.2. The average Bonchev–Trinajstić information content (AvgIpc) is 2.47. The van der Waals surface area contributed by atoms with Crippen molar-refractivity contribution in [2.75, 3.05) is 11.7 Å². The van der Waals surface area contributed by atoms with Crippen LogP contribution in [-0.4, -0.2) is 18.5 Å². The number of hydrogen-bond donors (Lipinski definition) is 0. The number of hydrogen-bond acceptors (Lipinski definition) is 2. The Kier molecular flexibility index (Phi) is 6.13. The van der Waals surface area contributed by atoms with E-state index in [1.54, 1.807) is 18.6 Å². The van der Waals surface area contributed by atoms with Gasteiger partial charge in [-0.05, 0) is 44.8 Å². The molecule has 0 spiro atoms. The fraction of sp³-hybridized carbons (Fsp3) is 0.611. The number of rotatable bonds is 4. The lowest BCUT2D eigenvalue weighted by Crippen LogP contribution is -2.26. The highest BCUT2D eigenvalue weighted by atomic mass is 31.1. The molecule has 1 fully saturated rings. The predicted molar refractivity (Wildman–Crippen MR) is 94.0 cm³/mol. The Morgan fingerprint density at radius 2 is 1.92 bits per heavy atom. The van der Waals surface area contributed by atoms with Gasteiger partial charge in [-0.2, -0.15) is 13.2 Å². The third kappa shape index (κ3) is 4.52. The second-order valence-corrected chi connectivity index (χ2v) is 9.15. The molecule has 1 aromatic rings. The number of halogens is 4. The van der Waals surface area contributed by atoms with Gasteiger partial charge in [0, 0.05) is 25.5 Å². The Morgan fingerprint density at radius 1 is 1.28 bits per heavy atom. The summed E-state index contributed by atoms with van der Waals surface area (Å²) in [6, 6.07) is 2.16. The van der Waals surface area contributed by atoms with Gasteiger partial charge >= 0.3 is 6.18 Å². The summed E-state index contributed by atoms with van der Waals surface area (Å²) in [4.78, 5) is 11.8. The maximum absolute atomic E-state index is 15.2. The number of ketones is 1. The van der Waals surface area contributed by atoms with Crippen LogP contribution in [0, 0.1) is 11.7 Å². The second kappa shape index (κ2) is 7.61. The van der Waals surface area contributed by atoms with Crippen molar-refractivity contribution >= 4 is 20.2 Å². The summed E-state index contributed by atoms with van der Waals surface area (Å²) in [6.07, 6.45) is -3.82. The van der Waals surface area contributed by atoms with Crippen molar-refractivity contribution in [3.63, 3.8) is 0 Å². The molecule has 0 aliphatic heterocycles. The summed E-state index contributed by atoms with van der Waals surface area (Å²) in [5.41, 5.74) is -0.863. The number of benzene rings is 1. The van der Waals surface area contributed by atoms with Gasteiger partial charge in [-0.1, -0.05) is 20.8 Å². The van der Waals surface area contributed by atoms with Crippen molar-refractivity contribution in [3.8, 4) is 0 Å². The van der Waals surface area contributed by atoms with Crippen molar-refractivity contribution in [1.82, 2.24) is 0 Å². The Balaban J connectivity index is 2.58. The van der Waals surface area contributed by atoms with E-state index in [-0.39, 0.29) is 43.8 Å². The molecule has 0 N–H and O–H groups in total. The Hall–Kier alpha value is -1.16. The molecule has 0 saturated heterocycles. The van der Waals surface area contributed by atoms with Gasteiger partial charge in [-0.25, -0.2) is 4.39 Å². The first-order valence-corrected chi connectivity index (χ1v) is 9.46. The number of alkyl halides is 3. The smallest absolute Gasteiger partial charge is 0.354 e. The van der Waals surface area contributed by atoms with E-state index in [2.05, 4.69) is 0 Å². The van der Waals surface area contributed by atoms with Gasteiger partial charge in [-0.3, -0.25) is 4.79 Å². The monoisotopic (exact) mass is 377 g/mol. The minimum absolute atomic E-state index is 0.0270. The number of anilines is 1. The molecule has 1 aliphatic rings. The largest absolute Gasteiger partial charge is 0.416 e. The quantitative estimate of drug-likeness (QED) is 0.491. The topological polar surface area (TPSA) is 20.3 Å². The maximum atomic E-state index is 15.2. The first-order valence-electron chi connectivity index (χ1n) is 8.43. The molecule has 1 aliphatic carbocycles. The molecular weight excluding hydrogens is 353 g/mol. The average molecular weight is 377 g/mol. The van der Waals surface area contributed by atoms with Crippen LogP contribution < -0.4 is 4.67 Å². The van der Waals surface area contributed by atoms with E-state index in [9.17, 15) is 18.0 Å². The van der Waals surface area contributed by atoms with E-state index in [4.69, 9.17) is 0 Å². The van der Waals surface area contributed by atoms with E-state index in [1.165, 1.54) is 6.07 Å². The van der Waals surface area contributed by atoms with Crippen LogP contribution in [0.4, 0.5) is 23.2 Å². The number of nitrogens with zero attached hydrogens (tertiary/aromatic N) is 1. The van der Waals surface area contributed by atoms with Crippen LogP contribution in [0.25, 0.3) is 0 Å². The lowest BCUT2D eigenvalue weighted by Gasteiger charge is -2.32. The fourth-order valence-electron chi connectivity index (χ4n) is 3.43. The van der Waals surface area contributed by atoms with Gasteiger partial charge < -0.3 is 4.67 Å². The highest BCUT2D eigenvalue weighted by Gasteiger charge is 2.40. The standard InChI is InChI=1S/C18H24F4NOP/c1-10(2)25-23(4)15-8-7-14(18(20,21)22)16(17(15)19)13-9-12(24)6-5-11(13)3/h7-8,10-11,13,25H,5-6,9H2,1-4H3. The molecule has 140 valence electrons. The predicted octanol–water partition coefficient (Wildman–Crippen LogP) is 5.76. The summed E-state index contributed by atoms with van der Waals surface area (Å²) in [6.45, 7) is 5.74. The zero-order valence-electron chi connectivity index (χ0n) is 14.9. The van der Waals surface area contributed by atoms with Gasteiger partial charge in [0.1, 0.15) is 5.78 Å². The minimum Gasteiger partial charge on any atom is -0.354 e. The molecule has 0 heterocycles. The summed E-state index contributed by atoms with van der Waals surface area (Å²) in [7, 11) is 1.94. The van der Waals surface area contributed by atoms with Gasteiger partial charge in [0.25, 0.3) is 0 Å². The van der Waals surface area contributed by atoms with Crippen LogP contribution in [0.15, 0.2) is 12.1 Å². The first-order chi connectivity index (χ1) is 11.5. The van der Waals surface area contributed by atoms with E-state index in [0.717, 1.165) is 6.07 Å². The van der Waals surface area contributed by atoms with E-state index in [0.29, 0.717) is 12.8 Å². The molecule has 25 heavy (non-hydrogen) atoms. The Morgan fingerprint density at radius 3 is 2.48 bits per heavy atom. The fourth-order valence-corrected chi connectivity index (χ4v) is 4.52.